The van der Waals surface area contributed by atoms with E-state index in [4.69, 9.17) is 0 Å². The Labute approximate surface area is 125 Å². The summed E-state index contributed by atoms with van der Waals surface area (Å²) in [5.74, 6) is 1.37. The molecule has 0 aromatic carbocycles. The largest absolute Gasteiger partial charge is 0.323 e. The van der Waals surface area contributed by atoms with Gasteiger partial charge >= 0.3 is 0 Å². The molecule has 4 unspecified atom stereocenters. The highest BCUT2D eigenvalue weighted by Crippen LogP contribution is 2.27. The van der Waals surface area contributed by atoms with E-state index in [0.717, 1.165) is 32.1 Å². The zero-order chi connectivity index (χ0) is 15.3. The Hall–Kier alpha value is -0.570. The first-order valence-electron chi connectivity index (χ1n) is 8.54. The lowest BCUT2D eigenvalue weighted by Crippen LogP contribution is -2.45. The third-order valence-electron chi connectivity index (χ3n) is 4.62. The Morgan fingerprint density at radius 1 is 1.15 bits per heavy atom. The fourth-order valence-electron chi connectivity index (χ4n) is 3.25. The molecule has 1 rings (SSSR count). The van der Waals surface area contributed by atoms with Crippen LogP contribution in [0, 0.1) is 11.8 Å². The van der Waals surface area contributed by atoms with Gasteiger partial charge in [-0.1, -0.05) is 54.4 Å². The third kappa shape index (κ3) is 3.97. The normalized spacial score (nSPS) is 26.4. The Bertz CT molecular complexity index is 303. The van der Waals surface area contributed by atoms with Gasteiger partial charge in [0.1, 0.15) is 0 Å². The van der Waals surface area contributed by atoms with Gasteiger partial charge in [0.05, 0.1) is 12.2 Å². The number of carbonyl (C=O) groups is 1. The van der Waals surface area contributed by atoms with Crippen LogP contribution in [0.4, 0.5) is 0 Å². The molecule has 1 amide bonds. The van der Waals surface area contributed by atoms with Crippen LogP contribution < -0.4 is 5.32 Å². The molecule has 1 aliphatic heterocycles. The van der Waals surface area contributed by atoms with Crippen LogP contribution in [0.5, 0.6) is 0 Å². The maximum absolute atomic E-state index is 12.8. The number of hydrogen-bond acceptors (Lipinski definition) is 2. The van der Waals surface area contributed by atoms with Crippen molar-refractivity contribution in [1.29, 1.82) is 0 Å². The van der Waals surface area contributed by atoms with Crippen LogP contribution in [0.1, 0.15) is 73.6 Å². The first-order chi connectivity index (χ1) is 9.46. The minimum atomic E-state index is 0.0228. The van der Waals surface area contributed by atoms with Gasteiger partial charge in [0.15, 0.2) is 0 Å². The summed E-state index contributed by atoms with van der Waals surface area (Å²) in [6, 6.07) is 0.424. The molecule has 1 saturated heterocycles. The number of hydrogen-bond donors (Lipinski definition) is 1. The average molecular weight is 282 g/mol. The second kappa shape index (κ2) is 8.02. The molecule has 0 spiro atoms. The van der Waals surface area contributed by atoms with E-state index in [1.54, 1.807) is 0 Å². The van der Waals surface area contributed by atoms with E-state index in [2.05, 4.69) is 51.8 Å². The molecule has 1 aliphatic rings. The lowest BCUT2D eigenvalue weighted by Gasteiger charge is -2.33. The molecule has 3 heteroatoms. The fraction of sp³-hybridized carbons (Fsp3) is 0.941. The van der Waals surface area contributed by atoms with E-state index in [-0.39, 0.29) is 12.2 Å². The van der Waals surface area contributed by atoms with Crippen molar-refractivity contribution >= 4 is 5.91 Å². The monoisotopic (exact) mass is 282 g/mol. The first kappa shape index (κ1) is 17.5. The highest BCUT2D eigenvalue weighted by atomic mass is 16.2. The summed E-state index contributed by atoms with van der Waals surface area (Å²) in [7, 11) is 0. The van der Waals surface area contributed by atoms with Crippen molar-refractivity contribution in [3.8, 4) is 0 Å². The molecule has 0 bridgehead atoms. The van der Waals surface area contributed by atoms with Crippen molar-refractivity contribution < 1.29 is 4.79 Å². The molecule has 3 nitrogen and oxygen atoms in total. The third-order valence-corrected chi connectivity index (χ3v) is 4.62. The number of carbonyl (C=O) groups excluding carboxylic acids is 1. The molecule has 118 valence electrons. The van der Waals surface area contributed by atoms with Crippen molar-refractivity contribution in [3.63, 3.8) is 0 Å². The smallest absolute Gasteiger partial charge is 0.241 e. The molecule has 4 atom stereocenters. The van der Waals surface area contributed by atoms with Gasteiger partial charge in [-0.2, -0.15) is 0 Å². The Kier molecular flexibility index (Phi) is 7.01. The van der Waals surface area contributed by atoms with Crippen molar-refractivity contribution in [2.75, 3.05) is 0 Å². The molecule has 1 heterocycles. The van der Waals surface area contributed by atoms with Crippen LogP contribution in [0.2, 0.25) is 0 Å². The van der Waals surface area contributed by atoms with Crippen molar-refractivity contribution in [1.82, 2.24) is 10.2 Å². The van der Waals surface area contributed by atoms with Crippen LogP contribution in [0.25, 0.3) is 0 Å². The Morgan fingerprint density at radius 3 is 2.25 bits per heavy atom. The van der Waals surface area contributed by atoms with E-state index in [9.17, 15) is 4.79 Å². The lowest BCUT2D eigenvalue weighted by molar-refractivity contribution is -0.133. The zero-order valence-electron chi connectivity index (χ0n) is 14.3. The second-order valence-corrected chi connectivity index (χ2v) is 6.77. The average Bonchev–Trinajstić information content (AvgIpc) is 2.71. The van der Waals surface area contributed by atoms with Crippen LogP contribution in [0.3, 0.4) is 0 Å². The van der Waals surface area contributed by atoms with E-state index in [1.165, 1.54) is 0 Å². The van der Waals surface area contributed by atoms with Crippen LogP contribution in [0.15, 0.2) is 0 Å². The molecule has 0 saturated carbocycles. The topological polar surface area (TPSA) is 32.3 Å². The van der Waals surface area contributed by atoms with Crippen molar-refractivity contribution in [2.24, 2.45) is 11.8 Å². The summed E-state index contributed by atoms with van der Waals surface area (Å²) < 4.78 is 0. The standard InChI is InChI=1S/C17H34N2O/c1-7-10-14(9-3)19-15(11-12(4)5)18-16(17(19)20)13(6)8-2/h12-16,18H,7-11H2,1-6H3. The molecule has 0 aliphatic carbocycles. The fourth-order valence-corrected chi connectivity index (χ4v) is 3.25. The molecule has 0 aromatic rings. The minimum Gasteiger partial charge on any atom is -0.323 e. The van der Waals surface area contributed by atoms with E-state index in [0.29, 0.717) is 23.8 Å². The van der Waals surface area contributed by atoms with Gasteiger partial charge in [0.2, 0.25) is 5.91 Å². The molecule has 20 heavy (non-hydrogen) atoms. The summed E-state index contributed by atoms with van der Waals surface area (Å²) in [5.41, 5.74) is 0. The quantitative estimate of drug-likeness (QED) is 0.734. The summed E-state index contributed by atoms with van der Waals surface area (Å²) in [4.78, 5) is 15.0. The summed E-state index contributed by atoms with van der Waals surface area (Å²) >= 11 is 0. The van der Waals surface area contributed by atoms with Gasteiger partial charge in [-0.05, 0) is 31.1 Å². The Balaban J connectivity index is 2.91. The van der Waals surface area contributed by atoms with Gasteiger partial charge in [-0.25, -0.2) is 0 Å². The van der Waals surface area contributed by atoms with Crippen LogP contribution in [-0.2, 0) is 4.79 Å². The molecular weight excluding hydrogens is 248 g/mol. The highest BCUT2D eigenvalue weighted by molar-refractivity contribution is 5.85. The number of nitrogens with zero attached hydrogens (tertiary/aromatic N) is 1. The van der Waals surface area contributed by atoms with Crippen LogP contribution >= 0.6 is 0 Å². The molecular formula is C17H34N2O. The first-order valence-corrected chi connectivity index (χ1v) is 8.54. The number of nitrogens with one attached hydrogen (secondary N) is 1. The summed E-state index contributed by atoms with van der Waals surface area (Å²) in [5, 5.41) is 3.62. The van der Waals surface area contributed by atoms with Gasteiger partial charge in [0.25, 0.3) is 0 Å². The predicted octanol–water partition coefficient (Wildman–Crippen LogP) is 3.78. The van der Waals surface area contributed by atoms with E-state index in [1.807, 2.05) is 0 Å². The summed E-state index contributed by atoms with van der Waals surface area (Å²) in [6.45, 7) is 13.2. The SMILES string of the molecule is CCCC(CC)N1C(=O)C(C(C)CC)NC1CC(C)C. The van der Waals surface area contributed by atoms with Gasteiger partial charge < -0.3 is 4.90 Å². The van der Waals surface area contributed by atoms with Crippen molar-refractivity contribution in [2.45, 2.75) is 91.9 Å². The van der Waals surface area contributed by atoms with Gasteiger partial charge in [-0.3, -0.25) is 10.1 Å². The number of amides is 1. The molecule has 0 aromatic heterocycles. The number of rotatable bonds is 8. The minimum absolute atomic E-state index is 0.0228. The van der Waals surface area contributed by atoms with E-state index < -0.39 is 0 Å². The highest BCUT2D eigenvalue weighted by Gasteiger charge is 2.43. The second-order valence-electron chi connectivity index (χ2n) is 6.77. The van der Waals surface area contributed by atoms with Crippen LogP contribution in [-0.4, -0.2) is 29.1 Å². The zero-order valence-corrected chi connectivity index (χ0v) is 14.3. The predicted molar refractivity (Wildman–Crippen MR) is 85.5 cm³/mol. The maximum atomic E-state index is 12.8. The van der Waals surface area contributed by atoms with Gasteiger partial charge in [-0.15, -0.1) is 0 Å². The molecule has 1 fully saturated rings. The van der Waals surface area contributed by atoms with Crippen molar-refractivity contribution in [3.05, 3.63) is 0 Å². The molecule has 0 radical (unpaired) electrons. The lowest BCUT2D eigenvalue weighted by atomic mass is 9.98. The maximum Gasteiger partial charge on any atom is 0.241 e. The molecule has 1 N–H and O–H groups in total. The van der Waals surface area contributed by atoms with E-state index >= 15 is 0 Å². The Morgan fingerprint density at radius 2 is 1.80 bits per heavy atom. The van der Waals surface area contributed by atoms with Gasteiger partial charge in [0, 0.05) is 6.04 Å². The summed E-state index contributed by atoms with van der Waals surface area (Å²) in [6.07, 6.45) is 5.66.